The second-order valence-electron chi connectivity index (χ2n) is 7.88. The van der Waals surface area contributed by atoms with Gasteiger partial charge in [-0.1, -0.05) is 18.2 Å². The van der Waals surface area contributed by atoms with Gasteiger partial charge in [-0.25, -0.2) is 0 Å². The van der Waals surface area contributed by atoms with E-state index in [4.69, 9.17) is 15.4 Å². The van der Waals surface area contributed by atoms with E-state index in [1.807, 2.05) is 13.0 Å². The van der Waals surface area contributed by atoms with Gasteiger partial charge in [0.25, 0.3) is 11.8 Å². The van der Waals surface area contributed by atoms with Crippen LogP contribution in [-0.2, 0) is 0 Å². The van der Waals surface area contributed by atoms with Crippen LogP contribution < -0.4 is 10.1 Å². The summed E-state index contributed by atoms with van der Waals surface area (Å²) in [6, 6.07) is 18.0. The van der Waals surface area contributed by atoms with Crippen LogP contribution in [0.25, 0.3) is 5.76 Å². The van der Waals surface area contributed by atoms with E-state index in [0.717, 1.165) is 6.21 Å². The minimum absolute atomic E-state index is 0.111. The quantitative estimate of drug-likeness (QED) is 0.366. The minimum Gasteiger partial charge on any atom is -0.455 e. The van der Waals surface area contributed by atoms with E-state index < -0.39 is 0 Å². The molecular formula is C26H23N5O3. The van der Waals surface area contributed by atoms with Gasteiger partial charge in [0.2, 0.25) is 0 Å². The molecule has 2 amide bonds. The highest BCUT2D eigenvalue weighted by Crippen LogP contribution is 2.27. The summed E-state index contributed by atoms with van der Waals surface area (Å²) in [5.74, 6) is 0.429. The number of aromatic nitrogens is 1. The summed E-state index contributed by atoms with van der Waals surface area (Å²) in [5, 5.41) is 19.3. The van der Waals surface area contributed by atoms with Crippen LogP contribution in [-0.4, -0.2) is 41.0 Å². The van der Waals surface area contributed by atoms with Crippen LogP contribution in [0.1, 0.15) is 32.0 Å². The molecule has 1 aliphatic heterocycles. The van der Waals surface area contributed by atoms with Crippen LogP contribution in [0.15, 0.2) is 66.9 Å². The number of carbonyl (C=O) groups excluding carboxylic acids is 2. The number of anilines is 1. The lowest BCUT2D eigenvalue weighted by Gasteiger charge is -2.35. The highest BCUT2D eigenvalue weighted by atomic mass is 16.5. The predicted octanol–water partition coefficient (Wildman–Crippen LogP) is 4.24. The third-order valence-electron chi connectivity index (χ3n) is 5.58. The van der Waals surface area contributed by atoms with Gasteiger partial charge in [-0.3, -0.25) is 9.59 Å². The van der Waals surface area contributed by atoms with E-state index in [-0.39, 0.29) is 17.7 Å². The molecule has 1 aliphatic rings. The molecule has 0 saturated carbocycles. The molecule has 3 aromatic rings. The lowest BCUT2D eigenvalue weighted by atomic mass is 10.00. The maximum Gasteiger partial charge on any atom is 0.255 e. The van der Waals surface area contributed by atoms with E-state index >= 15 is 0 Å². The second kappa shape index (κ2) is 9.88. The van der Waals surface area contributed by atoms with Gasteiger partial charge in [-0.2, -0.15) is 5.26 Å². The fraction of sp³-hybridized carbons (Fsp3) is 0.154. The van der Waals surface area contributed by atoms with Crippen molar-refractivity contribution in [1.82, 2.24) is 9.88 Å². The Morgan fingerprint density at radius 1 is 1.18 bits per heavy atom. The van der Waals surface area contributed by atoms with Crippen molar-refractivity contribution < 1.29 is 14.3 Å². The van der Waals surface area contributed by atoms with Gasteiger partial charge in [0.1, 0.15) is 5.75 Å². The molecule has 0 bridgehead atoms. The van der Waals surface area contributed by atoms with Crippen LogP contribution in [0.5, 0.6) is 5.75 Å². The first-order valence-electron chi connectivity index (χ1n) is 10.7. The Labute approximate surface area is 197 Å². The molecule has 2 aromatic carbocycles. The van der Waals surface area contributed by atoms with Crippen molar-refractivity contribution in [2.75, 3.05) is 18.4 Å². The molecule has 0 aliphatic carbocycles. The van der Waals surface area contributed by atoms with Crippen LogP contribution in [0.2, 0.25) is 0 Å². The molecule has 0 unspecified atom stereocenters. The zero-order chi connectivity index (χ0) is 24.1. The van der Waals surface area contributed by atoms with Crippen molar-refractivity contribution in [3.8, 4) is 11.8 Å². The molecule has 3 N–H and O–H groups in total. The van der Waals surface area contributed by atoms with Crippen molar-refractivity contribution in [3.63, 3.8) is 0 Å². The summed E-state index contributed by atoms with van der Waals surface area (Å²) in [6.45, 7) is 2.67. The Morgan fingerprint density at radius 3 is 2.53 bits per heavy atom. The Hall–Kier alpha value is -4.64. The zero-order valence-corrected chi connectivity index (χ0v) is 18.5. The molecule has 34 heavy (non-hydrogen) atoms. The standard InChI is InChI=1S/C26H23N5O3/c1-17-22(26(33)31-15-18(13-28)16-31)14-29-24(17)23(11-12-27)34-21-9-7-20(8-10-21)30-25(32)19-5-3-2-4-6-19/h2-12,14,18,27,29H,15-16H2,1H3,(H,30,32)/b23-11+,27-12?. The summed E-state index contributed by atoms with van der Waals surface area (Å²) in [6.07, 6.45) is 4.22. The first-order chi connectivity index (χ1) is 16.5. The van der Waals surface area contributed by atoms with Gasteiger partial charge in [-0.15, -0.1) is 0 Å². The lowest BCUT2D eigenvalue weighted by Crippen LogP contribution is -2.49. The van der Waals surface area contributed by atoms with Crippen LogP contribution in [0, 0.1) is 29.6 Å². The number of hydrogen-bond acceptors (Lipinski definition) is 5. The molecule has 0 radical (unpaired) electrons. The van der Waals surface area contributed by atoms with Gasteiger partial charge < -0.3 is 25.3 Å². The number of hydrogen-bond donors (Lipinski definition) is 3. The number of nitrogens with zero attached hydrogens (tertiary/aromatic N) is 2. The second-order valence-corrected chi connectivity index (χ2v) is 7.88. The number of aromatic amines is 1. The van der Waals surface area contributed by atoms with Gasteiger partial charge in [0.15, 0.2) is 5.76 Å². The number of likely N-dealkylation sites (tertiary alicyclic amines) is 1. The smallest absolute Gasteiger partial charge is 0.255 e. The number of allylic oxidation sites excluding steroid dienone is 1. The topological polar surface area (TPSA) is 122 Å². The number of carbonyl (C=O) groups is 2. The number of nitriles is 1. The summed E-state index contributed by atoms with van der Waals surface area (Å²) < 4.78 is 5.99. The Kier molecular flexibility index (Phi) is 6.55. The highest BCUT2D eigenvalue weighted by molar-refractivity contribution is 6.04. The number of rotatable bonds is 7. The normalized spacial score (nSPS) is 13.5. The highest BCUT2D eigenvalue weighted by Gasteiger charge is 2.32. The molecule has 0 spiro atoms. The fourth-order valence-electron chi connectivity index (χ4n) is 3.64. The summed E-state index contributed by atoms with van der Waals surface area (Å²) >= 11 is 0. The van der Waals surface area contributed by atoms with E-state index in [2.05, 4.69) is 16.4 Å². The van der Waals surface area contributed by atoms with Crippen molar-refractivity contribution in [1.29, 1.82) is 10.7 Å². The summed E-state index contributed by atoms with van der Waals surface area (Å²) in [7, 11) is 0. The van der Waals surface area contributed by atoms with Gasteiger partial charge >= 0.3 is 0 Å². The van der Waals surface area contributed by atoms with Crippen molar-refractivity contribution in [3.05, 3.63) is 89.3 Å². The van der Waals surface area contributed by atoms with Gasteiger partial charge in [0, 0.05) is 42.8 Å². The van der Waals surface area contributed by atoms with Crippen molar-refractivity contribution in [2.45, 2.75) is 6.92 Å². The summed E-state index contributed by atoms with van der Waals surface area (Å²) in [5.41, 5.74) is 2.97. The number of benzene rings is 2. The molecule has 0 atom stereocenters. The third kappa shape index (κ3) is 4.74. The van der Waals surface area contributed by atoms with Crippen LogP contribution >= 0.6 is 0 Å². The van der Waals surface area contributed by atoms with Crippen molar-refractivity contribution in [2.24, 2.45) is 5.92 Å². The molecule has 8 heteroatoms. The number of amides is 2. The maximum atomic E-state index is 12.7. The Bertz CT molecular complexity index is 1280. The lowest BCUT2D eigenvalue weighted by molar-refractivity contribution is 0.0576. The molecule has 2 heterocycles. The minimum atomic E-state index is -0.207. The zero-order valence-electron chi connectivity index (χ0n) is 18.5. The fourth-order valence-corrected chi connectivity index (χ4v) is 3.64. The van der Waals surface area contributed by atoms with E-state index in [1.165, 1.54) is 6.08 Å². The first-order valence-corrected chi connectivity index (χ1v) is 10.7. The van der Waals surface area contributed by atoms with Crippen LogP contribution in [0.3, 0.4) is 0 Å². The summed E-state index contributed by atoms with van der Waals surface area (Å²) in [4.78, 5) is 29.8. The van der Waals surface area contributed by atoms with Crippen molar-refractivity contribution >= 4 is 29.5 Å². The monoisotopic (exact) mass is 453 g/mol. The molecule has 1 fully saturated rings. The third-order valence-corrected chi connectivity index (χ3v) is 5.58. The average Bonchev–Trinajstić information content (AvgIpc) is 3.21. The number of nitrogens with one attached hydrogen (secondary N) is 3. The molecule has 1 aromatic heterocycles. The van der Waals surface area contributed by atoms with Crippen LogP contribution in [0.4, 0.5) is 5.69 Å². The Balaban J connectivity index is 1.46. The number of H-pyrrole nitrogens is 1. The average molecular weight is 454 g/mol. The van der Waals surface area contributed by atoms with Gasteiger partial charge in [0.05, 0.1) is 23.2 Å². The molecule has 170 valence electrons. The SMILES string of the molecule is Cc1c(C(=O)N2CC(C#N)C2)c[nH]c1/C(=C\C=N)Oc1ccc(NC(=O)c2ccccc2)cc1. The Morgan fingerprint density at radius 2 is 1.88 bits per heavy atom. The van der Waals surface area contributed by atoms with E-state index in [1.54, 1.807) is 59.6 Å². The van der Waals surface area contributed by atoms with E-state index in [9.17, 15) is 9.59 Å². The number of ether oxygens (including phenoxy) is 1. The maximum absolute atomic E-state index is 12.7. The van der Waals surface area contributed by atoms with Gasteiger partial charge in [-0.05, 0) is 48.9 Å². The molecule has 1 saturated heterocycles. The molecule has 4 rings (SSSR count). The molecule has 8 nitrogen and oxygen atoms in total. The van der Waals surface area contributed by atoms with E-state index in [0.29, 0.717) is 52.7 Å². The largest absolute Gasteiger partial charge is 0.455 e. The first kappa shape index (κ1) is 22.6. The predicted molar refractivity (Wildman–Crippen MR) is 129 cm³/mol. The molecular weight excluding hydrogens is 430 g/mol.